The lowest BCUT2D eigenvalue weighted by Crippen LogP contribution is -2.16. The molecule has 2 aromatic rings. The molecule has 0 bridgehead atoms. The van der Waals surface area contributed by atoms with E-state index >= 15 is 0 Å². The van der Waals surface area contributed by atoms with Gasteiger partial charge in [0.25, 0.3) is 5.91 Å². The molecule has 2 rings (SSSR count). The predicted molar refractivity (Wildman–Crippen MR) is 100 cm³/mol. The number of hydrogen-bond donors (Lipinski definition) is 3. The number of nitrogens with zero attached hydrogens (tertiary/aromatic N) is 2. The van der Waals surface area contributed by atoms with Gasteiger partial charge < -0.3 is 20.9 Å². The zero-order chi connectivity index (χ0) is 17.9. The Hall–Kier alpha value is -2.60. The lowest BCUT2D eigenvalue weighted by atomic mass is 10.1. The maximum absolute atomic E-state index is 12.5. The van der Waals surface area contributed by atoms with E-state index in [0.717, 1.165) is 5.69 Å². The van der Waals surface area contributed by atoms with E-state index in [1.54, 1.807) is 14.0 Å². The van der Waals surface area contributed by atoms with Crippen LogP contribution in [0.4, 0.5) is 17.2 Å². The number of anilines is 3. The van der Waals surface area contributed by atoms with Crippen LogP contribution in [-0.2, 0) is 0 Å². The minimum absolute atomic E-state index is 0.212. The Bertz CT molecular complexity index is 771. The van der Waals surface area contributed by atoms with E-state index in [2.05, 4.69) is 15.6 Å². The normalized spacial score (nSPS) is 10.2. The van der Waals surface area contributed by atoms with E-state index < -0.39 is 0 Å². The monoisotopic (exact) mass is 345 g/mol. The third-order valence-corrected chi connectivity index (χ3v) is 3.91. The van der Waals surface area contributed by atoms with E-state index in [4.69, 9.17) is 17.0 Å². The van der Waals surface area contributed by atoms with Crippen molar-refractivity contribution < 1.29 is 4.79 Å². The molecule has 6 nitrogen and oxygen atoms in total. The first-order valence-electron chi connectivity index (χ1n) is 7.35. The highest BCUT2D eigenvalue weighted by atomic mass is 35.5. The molecule has 24 heavy (non-hydrogen) atoms. The van der Waals surface area contributed by atoms with Crippen molar-refractivity contribution >= 4 is 40.4 Å². The molecule has 126 valence electrons. The number of aromatic nitrogens is 1. The van der Waals surface area contributed by atoms with Crippen LogP contribution in [0.15, 0.2) is 30.5 Å². The number of amides is 1. The standard InChI is InChI=1S/C17H20ClN5O/c1-10(19)14-15(18)13(9-21-16(14)20-2)17(24)22-11-5-7-12(8-6-11)23(3)4/h5-9,19H,1-4H3,(H,20,21)(H,22,24). The lowest BCUT2D eigenvalue weighted by molar-refractivity contribution is 0.102. The largest absolute Gasteiger partial charge is 0.378 e. The number of benzene rings is 1. The molecule has 0 saturated heterocycles. The molecule has 0 atom stereocenters. The Kier molecular flexibility index (Phi) is 5.41. The molecule has 7 heteroatoms. The van der Waals surface area contributed by atoms with Crippen LogP contribution in [0.3, 0.4) is 0 Å². The third-order valence-electron chi connectivity index (χ3n) is 3.51. The summed E-state index contributed by atoms with van der Waals surface area (Å²) in [7, 11) is 5.59. The number of hydrogen-bond acceptors (Lipinski definition) is 5. The maximum atomic E-state index is 12.5. The van der Waals surface area contributed by atoms with Crippen molar-refractivity contribution in [2.45, 2.75) is 6.92 Å². The highest BCUT2D eigenvalue weighted by Gasteiger charge is 2.19. The highest BCUT2D eigenvalue weighted by Crippen LogP contribution is 2.27. The molecule has 3 N–H and O–H groups in total. The van der Waals surface area contributed by atoms with E-state index in [1.807, 2.05) is 43.3 Å². The van der Waals surface area contributed by atoms with Crippen LogP contribution in [0.1, 0.15) is 22.8 Å². The van der Waals surface area contributed by atoms with Gasteiger partial charge in [-0.1, -0.05) is 11.6 Å². The van der Waals surface area contributed by atoms with Crippen molar-refractivity contribution in [1.29, 1.82) is 5.41 Å². The van der Waals surface area contributed by atoms with Gasteiger partial charge in [0.1, 0.15) is 5.82 Å². The average molecular weight is 346 g/mol. The quantitative estimate of drug-likeness (QED) is 0.725. The minimum Gasteiger partial charge on any atom is -0.378 e. The number of carbonyl (C=O) groups excluding carboxylic acids is 1. The summed E-state index contributed by atoms with van der Waals surface area (Å²) in [6.07, 6.45) is 1.41. The summed E-state index contributed by atoms with van der Waals surface area (Å²) in [5, 5.41) is 13.7. The second kappa shape index (κ2) is 7.31. The molecular weight excluding hydrogens is 326 g/mol. The molecule has 1 aromatic heterocycles. The van der Waals surface area contributed by atoms with Gasteiger partial charge in [0.2, 0.25) is 0 Å². The fraction of sp³-hybridized carbons (Fsp3) is 0.235. The van der Waals surface area contributed by atoms with Crippen LogP contribution in [0.5, 0.6) is 0 Å². The van der Waals surface area contributed by atoms with Crippen molar-refractivity contribution in [3.05, 3.63) is 46.6 Å². The number of halogens is 1. The first-order valence-corrected chi connectivity index (χ1v) is 7.73. The molecule has 1 aromatic carbocycles. The van der Waals surface area contributed by atoms with Crippen molar-refractivity contribution in [1.82, 2.24) is 4.98 Å². The fourth-order valence-corrected chi connectivity index (χ4v) is 2.59. The van der Waals surface area contributed by atoms with Gasteiger partial charge in [-0.05, 0) is 31.2 Å². The summed E-state index contributed by atoms with van der Waals surface area (Å²) >= 11 is 6.33. The van der Waals surface area contributed by atoms with Gasteiger partial charge in [-0.3, -0.25) is 4.79 Å². The van der Waals surface area contributed by atoms with Crippen LogP contribution in [0, 0.1) is 5.41 Å². The molecule has 0 saturated carbocycles. The van der Waals surface area contributed by atoms with Crippen LogP contribution in [-0.4, -0.2) is 37.7 Å². The van der Waals surface area contributed by atoms with Crippen LogP contribution in [0.2, 0.25) is 5.02 Å². The zero-order valence-electron chi connectivity index (χ0n) is 14.1. The second-order valence-electron chi connectivity index (χ2n) is 5.48. The Morgan fingerprint density at radius 1 is 1.25 bits per heavy atom. The van der Waals surface area contributed by atoms with E-state index in [-0.39, 0.29) is 22.2 Å². The molecule has 0 spiro atoms. The topological polar surface area (TPSA) is 81.1 Å². The number of nitrogens with one attached hydrogen (secondary N) is 3. The summed E-state index contributed by atoms with van der Waals surface area (Å²) in [5.74, 6) is 0.106. The smallest absolute Gasteiger partial charge is 0.258 e. The summed E-state index contributed by atoms with van der Waals surface area (Å²) in [6.45, 7) is 1.60. The van der Waals surface area contributed by atoms with Crippen molar-refractivity contribution in [2.24, 2.45) is 0 Å². The first-order chi connectivity index (χ1) is 11.3. The molecule has 0 fully saturated rings. The Morgan fingerprint density at radius 3 is 2.38 bits per heavy atom. The Labute approximate surface area is 146 Å². The van der Waals surface area contributed by atoms with E-state index in [0.29, 0.717) is 17.1 Å². The van der Waals surface area contributed by atoms with Gasteiger partial charge in [-0.2, -0.15) is 0 Å². The van der Waals surface area contributed by atoms with Crippen LogP contribution in [0.25, 0.3) is 0 Å². The summed E-state index contributed by atoms with van der Waals surface area (Å²) in [5.41, 5.74) is 2.59. The molecular formula is C17H20ClN5O. The summed E-state index contributed by atoms with van der Waals surface area (Å²) < 4.78 is 0. The van der Waals surface area contributed by atoms with Crippen molar-refractivity contribution in [2.75, 3.05) is 36.7 Å². The van der Waals surface area contributed by atoms with Crippen molar-refractivity contribution in [3.63, 3.8) is 0 Å². The highest BCUT2D eigenvalue weighted by molar-refractivity contribution is 6.38. The van der Waals surface area contributed by atoms with E-state index in [1.165, 1.54) is 6.20 Å². The predicted octanol–water partition coefficient (Wildman–Crippen LogP) is 3.48. The molecule has 1 heterocycles. The Morgan fingerprint density at radius 2 is 1.88 bits per heavy atom. The average Bonchev–Trinajstić information content (AvgIpc) is 2.54. The van der Waals surface area contributed by atoms with Crippen molar-refractivity contribution in [3.8, 4) is 0 Å². The van der Waals surface area contributed by atoms with Gasteiger partial charge in [0.15, 0.2) is 0 Å². The molecule has 0 aliphatic rings. The van der Waals surface area contributed by atoms with Crippen LogP contribution < -0.4 is 15.5 Å². The third kappa shape index (κ3) is 3.65. The molecule has 0 aliphatic heterocycles. The second-order valence-corrected chi connectivity index (χ2v) is 5.86. The SMILES string of the molecule is CNc1ncc(C(=O)Nc2ccc(N(C)C)cc2)c(Cl)c1C(C)=N. The van der Waals surface area contributed by atoms with Gasteiger partial charge in [0.05, 0.1) is 16.1 Å². The molecule has 0 radical (unpaired) electrons. The van der Waals surface area contributed by atoms with Gasteiger partial charge >= 0.3 is 0 Å². The van der Waals surface area contributed by atoms with Gasteiger partial charge in [-0.25, -0.2) is 4.98 Å². The lowest BCUT2D eigenvalue weighted by Gasteiger charge is -2.14. The first kappa shape index (κ1) is 17.7. The Balaban J connectivity index is 2.30. The molecule has 0 unspecified atom stereocenters. The van der Waals surface area contributed by atoms with Crippen LogP contribution >= 0.6 is 11.6 Å². The minimum atomic E-state index is -0.366. The maximum Gasteiger partial charge on any atom is 0.258 e. The van der Waals surface area contributed by atoms with Gasteiger partial charge in [-0.15, -0.1) is 0 Å². The van der Waals surface area contributed by atoms with E-state index in [9.17, 15) is 4.79 Å². The zero-order valence-corrected chi connectivity index (χ0v) is 14.8. The number of carbonyl (C=O) groups is 1. The number of pyridine rings is 1. The number of rotatable bonds is 5. The summed E-state index contributed by atoms with van der Waals surface area (Å²) in [4.78, 5) is 18.6. The fourth-order valence-electron chi connectivity index (χ4n) is 2.22. The summed E-state index contributed by atoms with van der Waals surface area (Å²) in [6, 6.07) is 7.46. The van der Waals surface area contributed by atoms with Gasteiger partial charge in [0, 0.05) is 44.4 Å². The molecule has 1 amide bonds. The molecule has 0 aliphatic carbocycles.